The van der Waals surface area contributed by atoms with Crippen molar-refractivity contribution in [3.63, 3.8) is 0 Å². The van der Waals surface area contributed by atoms with Gasteiger partial charge in [-0.05, 0) is 36.4 Å². The van der Waals surface area contributed by atoms with Crippen LogP contribution in [0.4, 0.5) is 4.39 Å². The van der Waals surface area contributed by atoms with E-state index in [0.29, 0.717) is 16.8 Å². The first-order valence-electron chi connectivity index (χ1n) is 7.22. The van der Waals surface area contributed by atoms with Crippen LogP contribution in [0.2, 0.25) is 0 Å². The number of hydrogen-bond donors (Lipinski definition) is 0. The third-order valence-corrected chi connectivity index (χ3v) is 4.54. The number of sulfone groups is 1. The Bertz CT molecular complexity index is 1150. The van der Waals surface area contributed by atoms with E-state index in [0.717, 1.165) is 17.8 Å². The van der Waals surface area contributed by atoms with Crippen molar-refractivity contribution >= 4 is 26.9 Å². The second-order valence-electron chi connectivity index (χ2n) is 5.37. The molecule has 0 aliphatic carbocycles. The van der Waals surface area contributed by atoms with Crippen LogP contribution >= 0.6 is 0 Å². The molecule has 0 spiro atoms. The largest absolute Gasteiger partial charge is 0.252 e. The first kappa shape index (κ1) is 16.7. The van der Waals surface area contributed by atoms with E-state index in [1.807, 2.05) is 24.3 Å². The number of allylic oxidation sites excluding steroid dienone is 1. The van der Waals surface area contributed by atoms with Crippen molar-refractivity contribution in [2.24, 2.45) is 0 Å². The molecule has 1 heterocycles. The maximum absolute atomic E-state index is 14.0. The van der Waals surface area contributed by atoms with Crippen molar-refractivity contribution in [2.75, 3.05) is 6.26 Å². The van der Waals surface area contributed by atoms with Gasteiger partial charge in [0.15, 0.2) is 9.84 Å². The number of fused-ring (bicyclic) bond motifs is 1. The molecule has 0 N–H and O–H groups in total. The summed E-state index contributed by atoms with van der Waals surface area (Å²) < 4.78 is 37.1. The monoisotopic (exact) mass is 353 g/mol. The highest BCUT2D eigenvalue weighted by molar-refractivity contribution is 7.95. The van der Waals surface area contributed by atoms with Crippen LogP contribution in [-0.2, 0) is 9.84 Å². The van der Waals surface area contributed by atoms with Crippen LogP contribution in [0.25, 0.3) is 28.4 Å². The van der Waals surface area contributed by atoms with Crippen molar-refractivity contribution in [3.05, 3.63) is 64.9 Å². The van der Waals surface area contributed by atoms with Gasteiger partial charge in [0.05, 0.1) is 22.9 Å². The number of nitriles is 1. The molecular formula is C18H12FN3O2S. The summed E-state index contributed by atoms with van der Waals surface area (Å²) in [5.74, 6) is -0.631. The zero-order valence-corrected chi connectivity index (χ0v) is 14.0. The predicted octanol–water partition coefficient (Wildman–Crippen LogP) is 3.34. The molecule has 7 heteroatoms. The van der Waals surface area contributed by atoms with Crippen LogP contribution in [0.15, 0.2) is 53.6 Å². The average molecular weight is 353 g/mol. The number of halogens is 1. The Balaban J connectivity index is 2.13. The minimum absolute atomic E-state index is 0.00515. The quantitative estimate of drug-likeness (QED) is 0.674. The summed E-state index contributed by atoms with van der Waals surface area (Å²) in [5.41, 5.74) is 2.50. The molecule has 25 heavy (non-hydrogen) atoms. The van der Waals surface area contributed by atoms with Crippen LogP contribution < -0.4 is 0 Å². The number of hydrogen-bond acceptors (Lipinski definition) is 5. The molecule has 3 rings (SSSR count). The van der Waals surface area contributed by atoms with Crippen LogP contribution in [0.5, 0.6) is 0 Å². The van der Waals surface area contributed by atoms with E-state index in [9.17, 15) is 12.8 Å². The van der Waals surface area contributed by atoms with Crippen molar-refractivity contribution in [1.82, 2.24) is 9.97 Å². The van der Waals surface area contributed by atoms with E-state index in [4.69, 9.17) is 5.26 Å². The molecule has 1 aromatic heterocycles. The summed E-state index contributed by atoms with van der Waals surface area (Å²) in [6.07, 6.45) is 3.48. The van der Waals surface area contributed by atoms with Crippen molar-refractivity contribution in [1.29, 1.82) is 5.26 Å². The fourth-order valence-corrected chi connectivity index (χ4v) is 2.78. The van der Waals surface area contributed by atoms with Crippen molar-refractivity contribution < 1.29 is 12.8 Å². The molecule has 124 valence electrons. The van der Waals surface area contributed by atoms with E-state index in [2.05, 4.69) is 9.97 Å². The lowest BCUT2D eigenvalue weighted by atomic mass is 10.1. The molecule has 5 nitrogen and oxygen atoms in total. The molecule has 0 aliphatic rings. The van der Waals surface area contributed by atoms with E-state index >= 15 is 0 Å². The van der Waals surface area contributed by atoms with Crippen LogP contribution in [0, 0.1) is 17.1 Å². The van der Waals surface area contributed by atoms with Crippen molar-refractivity contribution in [2.45, 2.75) is 0 Å². The predicted molar refractivity (Wildman–Crippen MR) is 93.4 cm³/mol. The Hall–Kier alpha value is -3.11. The Morgan fingerprint density at radius 2 is 1.92 bits per heavy atom. The lowest BCUT2D eigenvalue weighted by molar-refractivity contribution is 0.609. The Morgan fingerprint density at radius 1 is 1.20 bits per heavy atom. The molecule has 0 saturated carbocycles. The second-order valence-corrected chi connectivity index (χ2v) is 7.36. The number of benzene rings is 2. The molecule has 2 aromatic carbocycles. The standard InChI is InChI=1S/C18H12FN3O2S/c1-25(23,24)14(10-20)9-13-8-12(6-7-15(13)19)18-11-21-16-4-2-3-5-17(16)22-18/h2-9,11H,1H3/b14-9+. The van der Waals surface area contributed by atoms with Gasteiger partial charge in [-0.15, -0.1) is 0 Å². The van der Waals surface area contributed by atoms with Gasteiger partial charge < -0.3 is 0 Å². The summed E-state index contributed by atoms with van der Waals surface area (Å²) in [5, 5.41) is 8.98. The van der Waals surface area contributed by atoms with Gasteiger partial charge in [-0.3, -0.25) is 4.98 Å². The van der Waals surface area contributed by atoms with Gasteiger partial charge in [-0.25, -0.2) is 17.8 Å². The van der Waals surface area contributed by atoms with Gasteiger partial charge in [-0.2, -0.15) is 5.26 Å². The van der Waals surface area contributed by atoms with Gasteiger partial charge in [-0.1, -0.05) is 12.1 Å². The van der Waals surface area contributed by atoms with Gasteiger partial charge in [0, 0.05) is 17.4 Å². The average Bonchev–Trinajstić information content (AvgIpc) is 2.59. The Kier molecular flexibility index (Phi) is 4.30. The number of rotatable bonds is 3. The highest BCUT2D eigenvalue weighted by atomic mass is 32.2. The summed E-state index contributed by atoms with van der Waals surface area (Å²) >= 11 is 0. The lowest BCUT2D eigenvalue weighted by Crippen LogP contribution is -1.99. The summed E-state index contributed by atoms with van der Waals surface area (Å²) in [4.78, 5) is 8.28. The highest BCUT2D eigenvalue weighted by Gasteiger charge is 2.13. The molecule has 0 fully saturated rings. The molecular weight excluding hydrogens is 341 g/mol. The molecule has 0 bridgehead atoms. The van der Waals surface area contributed by atoms with Gasteiger partial charge in [0.1, 0.15) is 16.8 Å². The van der Waals surface area contributed by atoms with E-state index in [-0.39, 0.29) is 5.56 Å². The van der Waals surface area contributed by atoms with Gasteiger partial charge in [0.25, 0.3) is 0 Å². The maximum atomic E-state index is 14.0. The molecule has 0 atom stereocenters. The summed E-state index contributed by atoms with van der Waals surface area (Å²) in [6, 6.07) is 13.1. The summed E-state index contributed by atoms with van der Waals surface area (Å²) in [7, 11) is -3.73. The maximum Gasteiger partial charge on any atom is 0.185 e. The smallest absolute Gasteiger partial charge is 0.185 e. The first-order valence-corrected chi connectivity index (χ1v) is 9.11. The molecule has 3 aromatic rings. The van der Waals surface area contributed by atoms with Crippen LogP contribution in [-0.4, -0.2) is 24.6 Å². The van der Waals surface area contributed by atoms with E-state index in [1.165, 1.54) is 18.2 Å². The van der Waals surface area contributed by atoms with Crippen LogP contribution in [0.3, 0.4) is 0 Å². The van der Waals surface area contributed by atoms with E-state index in [1.54, 1.807) is 12.3 Å². The minimum atomic E-state index is -3.73. The molecule has 0 saturated heterocycles. The minimum Gasteiger partial charge on any atom is -0.252 e. The van der Waals surface area contributed by atoms with Gasteiger partial charge >= 0.3 is 0 Å². The van der Waals surface area contributed by atoms with E-state index < -0.39 is 20.6 Å². The number of aromatic nitrogens is 2. The Labute approximate surface area is 144 Å². The second kappa shape index (κ2) is 6.42. The normalized spacial score (nSPS) is 12.1. The van der Waals surface area contributed by atoms with Crippen LogP contribution in [0.1, 0.15) is 5.56 Å². The summed E-state index contributed by atoms with van der Waals surface area (Å²) in [6.45, 7) is 0. The topological polar surface area (TPSA) is 83.7 Å². The third-order valence-electron chi connectivity index (χ3n) is 3.54. The first-order chi connectivity index (χ1) is 11.9. The zero-order valence-electron chi connectivity index (χ0n) is 13.1. The lowest BCUT2D eigenvalue weighted by Gasteiger charge is -2.05. The van der Waals surface area contributed by atoms with Gasteiger partial charge in [0.2, 0.25) is 0 Å². The van der Waals surface area contributed by atoms with Crippen molar-refractivity contribution in [3.8, 4) is 17.3 Å². The third kappa shape index (κ3) is 3.54. The fraction of sp³-hybridized carbons (Fsp3) is 0.0556. The Morgan fingerprint density at radius 3 is 2.60 bits per heavy atom. The number of para-hydroxylation sites is 2. The molecule has 0 aliphatic heterocycles. The highest BCUT2D eigenvalue weighted by Crippen LogP contribution is 2.24. The molecule has 0 radical (unpaired) electrons. The zero-order chi connectivity index (χ0) is 18.0. The molecule has 0 amide bonds. The fourth-order valence-electron chi connectivity index (χ4n) is 2.27. The number of nitrogens with zero attached hydrogens (tertiary/aromatic N) is 3. The SMILES string of the molecule is CS(=O)(=O)/C(C#N)=C/c1cc(-c2cnc3ccccc3n2)ccc1F. The molecule has 0 unspecified atom stereocenters.